The second kappa shape index (κ2) is 4.74. The van der Waals surface area contributed by atoms with Crippen LogP contribution in [0.3, 0.4) is 0 Å². The molecule has 0 fully saturated rings. The van der Waals surface area contributed by atoms with E-state index in [1.807, 2.05) is 29.2 Å². The molecule has 0 saturated carbocycles. The molecule has 0 aliphatic heterocycles. The smallest absolute Gasteiger partial charge is 0.328 e. The summed E-state index contributed by atoms with van der Waals surface area (Å²) in [5.74, 6) is -0.524. The van der Waals surface area contributed by atoms with Crippen LogP contribution in [-0.2, 0) is 0 Å². The van der Waals surface area contributed by atoms with E-state index in [1.165, 1.54) is 17.6 Å². The summed E-state index contributed by atoms with van der Waals surface area (Å²) in [5.41, 5.74) is -0.797. The Morgan fingerprint density at radius 2 is 2.05 bits per heavy atom. The predicted octanol–water partition coefficient (Wildman–Crippen LogP) is 1.13. The minimum Gasteiger partial charge on any atom is -0.494 e. The Morgan fingerprint density at radius 3 is 2.80 bits per heavy atom. The van der Waals surface area contributed by atoms with Crippen LogP contribution in [-0.4, -0.2) is 26.3 Å². The fraction of sp³-hybridized carbons (Fsp3) is 0. The number of fused-ring (bicyclic) bond motifs is 1. The third-order valence-electron chi connectivity index (χ3n) is 2.55. The molecule has 0 radical (unpaired) electrons. The van der Waals surface area contributed by atoms with E-state index in [4.69, 9.17) is 0 Å². The number of aliphatic imine (C=N–C) groups is 1. The molecule has 0 saturated heterocycles. The van der Waals surface area contributed by atoms with Crippen LogP contribution in [0.1, 0.15) is 5.56 Å². The number of aromatic amines is 2. The molecule has 7 nitrogen and oxygen atoms in total. The number of H-pyrrole nitrogens is 2. The SMILES string of the molecule is O=c1[nH]c(O)c(/C=N/c2nc3ccccc3s2)c(=O)[nH]1. The lowest BCUT2D eigenvalue weighted by Gasteiger charge is -1.94. The van der Waals surface area contributed by atoms with Crippen LogP contribution in [0.15, 0.2) is 38.8 Å². The fourth-order valence-corrected chi connectivity index (χ4v) is 2.45. The molecule has 0 bridgehead atoms. The molecule has 0 aliphatic carbocycles. The van der Waals surface area contributed by atoms with Crippen molar-refractivity contribution in [2.45, 2.75) is 0 Å². The van der Waals surface area contributed by atoms with Gasteiger partial charge in [-0.1, -0.05) is 23.5 Å². The molecular formula is C12H8N4O3S. The molecule has 3 aromatic rings. The Hall–Kier alpha value is -2.74. The van der Waals surface area contributed by atoms with E-state index >= 15 is 0 Å². The summed E-state index contributed by atoms with van der Waals surface area (Å²) in [7, 11) is 0. The molecule has 2 heterocycles. The molecule has 2 aromatic heterocycles. The Kier molecular flexibility index (Phi) is 2.92. The lowest BCUT2D eigenvalue weighted by atomic mass is 10.3. The van der Waals surface area contributed by atoms with Crippen molar-refractivity contribution in [1.29, 1.82) is 0 Å². The van der Waals surface area contributed by atoms with E-state index in [0.717, 1.165) is 10.2 Å². The fourth-order valence-electron chi connectivity index (χ4n) is 1.64. The standard InChI is InChI=1S/C12H8N4O3S/c17-9-6(10(18)16-11(19)15-9)5-13-12-14-7-3-1-2-4-8(7)20-12/h1-5H,(H3,15,16,17,18,19)/b13-5+. The van der Waals surface area contributed by atoms with Gasteiger partial charge in [-0.2, -0.15) is 0 Å². The van der Waals surface area contributed by atoms with Crippen molar-refractivity contribution < 1.29 is 5.11 Å². The Balaban J connectivity index is 2.02. The van der Waals surface area contributed by atoms with Crippen LogP contribution in [0, 0.1) is 0 Å². The molecule has 20 heavy (non-hydrogen) atoms. The van der Waals surface area contributed by atoms with E-state index in [9.17, 15) is 14.7 Å². The van der Waals surface area contributed by atoms with Crippen LogP contribution in [0.4, 0.5) is 5.13 Å². The average Bonchev–Trinajstić information content (AvgIpc) is 2.80. The van der Waals surface area contributed by atoms with Crippen LogP contribution >= 0.6 is 11.3 Å². The first-order chi connectivity index (χ1) is 9.63. The number of aromatic nitrogens is 3. The maximum Gasteiger partial charge on any atom is 0.328 e. The summed E-state index contributed by atoms with van der Waals surface area (Å²) < 4.78 is 0.972. The highest BCUT2D eigenvalue weighted by Crippen LogP contribution is 2.27. The van der Waals surface area contributed by atoms with Gasteiger partial charge in [0.1, 0.15) is 5.56 Å². The molecule has 0 aliphatic rings. The molecule has 0 spiro atoms. The number of nitrogens with zero attached hydrogens (tertiary/aromatic N) is 2. The van der Waals surface area contributed by atoms with Gasteiger partial charge in [-0.15, -0.1) is 0 Å². The maximum atomic E-state index is 11.5. The van der Waals surface area contributed by atoms with Crippen LogP contribution < -0.4 is 11.2 Å². The zero-order chi connectivity index (χ0) is 14.1. The largest absolute Gasteiger partial charge is 0.494 e. The number of aromatic hydroxyl groups is 1. The van der Waals surface area contributed by atoms with Crippen molar-refractivity contribution in [3.8, 4) is 5.88 Å². The Labute approximate surface area is 115 Å². The molecular weight excluding hydrogens is 280 g/mol. The van der Waals surface area contributed by atoms with Gasteiger partial charge < -0.3 is 5.11 Å². The molecule has 0 amide bonds. The Bertz CT molecular complexity index is 889. The van der Waals surface area contributed by atoms with Gasteiger partial charge in [-0.25, -0.2) is 14.8 Å². The third-order valence-corrected chi connectivity index (χ3v) is 3.49. The third kappa shape index (κ3) is 2.24. The van der Waals surface area contributed by atoms with E-state index < -0.39 is 17.1 Å². The molecule has 100 valence electrons. The number of hydrogen-bond acceptors (Lipinski definition) is 6. The minimum absolute atomic E-state index is 0.121. The van der Waals surface area contributed by atoms with Gasteiger partial charge in [0.05, 0.1) is 10.2 Å². The van der Waals surface area contributed by atoms with Crippen LogP contribution in [0.25, 0.3) is 10.2 Å². The molecule has 0 unspecified atom stereocenters. The minimum atomic E-state index is -0.773. The van der Waals surface area contributed by atoms with Gasteiger partial charge in [0, 0.05) is 6.21 Å². The van der Waals surface area contributed by atoms with Crippen LogP contribution in [0.5, 0.6) is 5.88 Å². The normalized spacial score (nSPS) is 11.4. The summed E-state index contributed by atoms with van der Waals surface area (Å²) >= 11 is 1.36. The first-order valence-corrected chi connectivity index (χ1v) is 6.40. The van der Waals surface area contributed by atoms with Gasteiger partial charge in [0.15, 0.2) is 0 Å². The summed E-state index contributed by atoms with van der Waals surface area (Å²) in [6, 6.07) is 7.53. The van der Waals surface area contributed by atoms with Gasteiger partial charge in [-0.05, 0) is 12.1 Å². The molecule has 3 N–H and O–H groups in total. The lowest BCUT2D eigenvalue weighted by molar-refractivity contribution is 0.447. The van der Waals surface area contributed by atoms with Crippen molar-refractivity contribution in [3.05, 3.63) is 50.7 Å². The second-order valence-electron chi connectivity index (χ2n) is 3.89. The van der Waals surface area contributed by atoms with Crippen LogP contribution in [0.2, 0.25) is 0 Å². The molecule has 0 atom stereocenters. The Morgan fingerprint density at radius 1 is 1.25 bits per heavy atom. The van der Waals surface area contributed by atoms with E-state index in [2.05, 4.69) is 15.0 Å². The summed E-state index contributed by atoms with van der Waals surface area (Å²) in [5, 5.41) is 9.96. The topological polar surface area (TPSA) is 111 Å². The first-order valence-electron chi connectivity index (χ1n) is 5.59. The van der Waals surface area contributed by atoms with Crippen molar-refractivity contribution in [2.24, 2.45) is 4.99 Å². The second-order valence-corrected chi connectivity index (χ2v) is 4.90. The maximum absolute atomic E-state index is 11.5. The van der Waals surface area contributed by atoms with Gasteiger partial charge in [0.25, 0.3) is 5.56 Å². The van der Waals surface area contributed by atoms with E-state index in [-0.39, 0.29) is 5.56 Å². The van der Waals surface area contributed by atoms with Gasteiger partial charge in [0.2, 0.25) is 11.0 Å². The van der Waals surface area contributed by atoms with Gasteiger partial charge >= 0.3 is 5.69 Å². The molecule has 1 aromatic carbocycles. The lowest BCUT2D eigenvalue weighted by Crippen LogP contribution is -2.24. The summed E-state index contributed by atoms with van der Waals surface area (Å²) in [6.07, 6.45) is 1.17. The number of hydrogen-bond donors (Lipinski definition) is 3. The highest BCUT2D eigenvalue weighted by Gasteiger charge is 2.06. The molecule has 8 heteroatoms. The van der Waals surface area contributed by atoms with E-state index in [0.29, 0.717) is 5.13 Å². The number of benzene rings is 1. The number of nitrogens with one attached hydrogen (secondary N) is 2. The zero-order valence-electron chi connectivity index (χ0n) is 9.95. The van der Waals surface area contributed by atoms with E-state index in [1.54, 1.807) is 0 Å². The highest BCUT2D eigenvalue weighted by atomic mass is 32.1. The summed E-state index contributed by atoms with van der Waals surface area (Å²) in [6.45, 7) is 0. The monoisotopic (exact) mass is 288 g/mol. The average molecular weight is 288 g/mol. The zero-order valence-corrected chi connectivity index (χ0v) is 10.8. The van der Waals surface area contributed by atoms with Crippen molar-refractivity contribution in [3.63, 3.8) is 0 Å². The number of para-hydroxylation sites is 1. The van der Waals surface area contributed by atoms with Crippen molar-refractivity contribution in [1.82, 2.24) is 15.0 Å². The quantitative estimate of drug-likeness (QED) is 0.614. The predicted molar refractivity (Wildman–Crippen MR) is 76.2 cm³/mol. The van der Waals surface area contributed by atoms with Crippen molar-refractivity contribution >= 4 is 32.9 Å². The van der Waals surface area contributed by atoms with Crippen molar-refractivity contribution in [2.75, 3.05) is 0 Å². The first kappa shape index (κ1) is 12.3. The summed E-state index contributed by atoms with van der Waals surface area (Å²) in [4.78, 5) is 34.8. The highest BCUT2D eigenvalue weighted by molar-refractivity contribution is 7.22. The van der Waals surface area contributed by atoms with Gasteiger partial charge in [-0.3, -0.25) is 14.8 Å². The number of thiazole rings is 1. The number of rotatable bonds is 2. The molecule has 3 rings (SSSR count).